The number of ether oxygens (including phenoxy) is 1. The van der Waals surface area contributed by atoms with Gasteiger partial charge in [-0.1, -0.05) is 12.1 Å². The number of carbonyl (C=O) groups excluding carboxylic acids is 1. The van der Waals surface area contributed by atoms with Gasteiger partial charge in [0.25, 0.3) is 5.91 Å². The zero-order chi connectivity index (χ0) is 16.9. The Bertz CT molecular complexity index is 740. The van der Waals surface area contributed by atoms with Crippen LogP contribution >= 0.6 is 0 Å². The number of para-hydroxylation sites is 2. The summed E-state index contributed by atoms with van der Waals surface area (Å²) >= 11 is 0. The molecular formula is C18H20N2O3S. The molecule has 6 heteroatoms. The van der Waals surface area contributed by atoms with Crippen molar-refractivity contribution in [2.45, 2.75) is 4.90 Å². The molecule has 1 amide bonds. The van der Waals surface area contributed by atoms with E-state index >= 15 is 0 Å². The highest BCUT2D eigenvalue weighted by molar-refractivity contribution is 7.84. The fraction of sp³-hybridized carbons (Fsp3) is 0.278. The van der Waals surface area contributed by atoms with Crippen LogP contribution in [0.15, 0.2) is 53.4 Å². The first-order valence-corrected chi connectivity index (χ1v) is 9.37. The molecule has 5 nitrogen and oxygen atoms in total. The highest BCUT2D eigenvalue weighted by Crippen LogP contribution is 2.26. The molecule has 0 aromatic heterocycles. The maximum Gasteiger partial charge on any atom is 0.255 e. The van der Waals surface area contributed by atoms with Crippen molar-refractivity contribution in [3.05, 3.63) is 54.1 Å². The second kappa shape index (κ2) is 7.59. The molecule has 1 aliphatic heterocycles. The lowest BCUT2D eigenvalue weighted by Gasteiger charge is -2.30. The van der Waals surface area contributed by atoms with Gasteiger partial charge in [-0.15, -0.1) is 0 Å². The van der Waals surface area contributed by atoms with E-state index in [2.05, 4.69) is 10.2 Å². The molecule has 2 aromatic rings. The third kappa shape index (κ3) is 3.83. The molecule has 1 unspecified atom stereocenters. The number of anilines is 2. The number of nitrogens with zero attached hydrogens (tertiary/aromatic N) is 1. The number of hydrogen-bond acceptors (Lipinski definition) is 4. The number of amides is 1. The van der Waals surface area contributed by atoms with Crippen LogP contribution in [-0.2, 0) is 15.5 Å². The lowest BCUT2D eigenvalue weighted by molar-refractivity contribution is 0.102. The normalized spacial score (nSPS) is 15.8. The van der Waals surface area contributed by atoms with Crippen molar-refractivity contribution in [1.82, 2.24) is 0 Å². The van der Waals surface area contributed by atoms with Crippen molar-refractivity contribution in [1.29, 1.82) is 0 Å². The van der Waals surface area contributed by atoms with E-state index in [1.807, 2.05) is 24.3 Å². The van der Waals surface area contributed by atoms with Crippen molar-refractivity contribution < 1.29 is 13.7 Å². The van der Waals surface area contributed by atoms with E-state index in [0.717, 1.165) is 24.5 Å². The van der Waals surface area contributed by atoms with Crippen LogP contribution in [0.1, 0.15) is 10.4 Å². The summed E-state index contributed by atoms with van der Waals surface area (Å²) in [5, 5.41) is 2.98. The Balaban J connectivity index is 1.77. The highest BCUT2D eigenvalue weighted by Gasteiger charge is 2.16. The average molecular weight is 344 g/mol. The van der Waals surface area contributed by atoms with Crippen LogP contribution in [-0.4, -0.2) is 42.7 Å². The summed E-state index contributed by atoms with van der Waals surface area (Å²) < 4.78 is 16.8. The lowest BCUT2D eigenvalue weighted by Crippen LogP contribution is -2.36. The molecule has 1 heterocycles. The summed E-state index contributed by atoms with van der Waals surface area (Å²) in [6.45, 7) is 3.00. The van der Waals surface area contributed by atoms with Crippen LogP contribution in [0.25, 0.3) is 0 Å². The van der Waals surface area contributed by atoms with Crippen LogP contribution < -0.4 is 10.2 Å². The van der Waals surface area contributed by atoms with E-state index in [1.54, 1.807) is 30.5 Å². The number of morpholine rings is 1. The molecule has 0 radical (unpaired) electrons. The minimum Gasteiger partial charge on any atom is -0.378 e. The van der Waals surface area contributed by atoms with E-state index in [4.69, 9.17) is 4.74 Å². The number of carbonyl (C=O) groups is 1. The number of nitrogens with one attached hydrogen (secondary N) is 1. The molecule has 3 rings (SSSR count). The van der Waals surface area contributed by atoms with E-state index in [-0.39, 0.29) is 5.91 Å². The highest BCUT2D eigenvalue weighted by atomic mass is 32.2. The molecule has 1 saturated heterocycles. The minimum atomic E-state index is -1.05. The summed E-state index contributed by atoms with van der Waals surface area (Å²) in [4.78, 5) is 15.4. The quantitative estimate of drug-likeness (QED) is 0.926. The van der Waals surface area contributed by atoms with Crippen molar-refractivity contribution in [3.63, 3.8) is 0 Å². The van der Waals surface area contributed by atoms with Crippen molar-refractivity contribution in [3.8, 4) is 0 Å². The lowest BCUT2D eigenvalue weighted by atomic mass is 10.2. The monoisotopic (exact) mass is 344 g/mol. The van der Waals surface area contributed by atoms with Gasteiger partial charge in [0.15, 0.2) is 0 Å². The van der Waals surface area contributed by atoms with E-state index in [1.165, 1.54) is 0 Å². The van der Waals surface area contributed by atoms with Gasteiger partial charge in [-0.2, -0.15) is 0 Å². The van der Waals surface area contributed by atoms with Crippen LogP contribution in [0, 0.1) is 0 Å². The van der Waals surface area contributed by atoms with Crippen molar-refractivity contribution >= 4 is 28.1 Å². The smallest absolute Gasteiger partial charge is 0.255 e. The van der Waals surface area contributed by atoms with Crippen LogP contribution in [0.4, 0.5) is 11.4 Å². The summed E-state index contributed by atoms with van der Waals surface area (Å²) in [5.74, 6) is -0.177. The first kappa shape index (κ1) is 16.7. The SMILES string of the molecule is CS(=O)c1ccc(C(=O)Nc2ccccc2N2CCOCC2)cc1. The van der Waals surface area contributed by atoms with E-state index in [9.17, 15) is 9.00 Å². The van der Waals surface area contributed by atoms with Gasteiger partial charge in [0.1, 0.15) is 0 Å². The Morgan fingerprint density at radius 2 is 1.75 bits per heavy atom. The number of hydrogen-bond donors (Lipinski definition) is 1. The van der Waals surface area contributed by atoms with Crippen LogP contribution in [0.5, 0.6) is 0 Å². The fourth-order valence-corrected chi connectivity index (χ4v) is 3.17. The predicted molar refractivity (Wildman–Crippen MR) is 96.2 cm³/mol. The van der Waals surface area contributed by atoms with Gasteiger partial charge in [0, 0.05) is 40.6 Å². The van der Waals surface area contributed by atoms with Crippen LogP contribution in [0.2, 0.25) is 0 Å². The topological polar surface area (TPSA) is 58.6 Å². The van der Waals surface area contributed by atoms with Gasteiger partial charge < -0.3 is 15.0 Å². The van der Waals surface area contributed by atoms with E-state index in [0.29, 0.717) is 23.7 Å². The van der Waals surface area contributed by atoms with Gasteiger partial charge in [-0.25, -0.2) is 0 Å². The third-order valence-corrected chi connectivity index (χ3v) is 4.89. The summed E-state index contributed by atoms with van der Waals surface area (Å²) in [7, 11) is -1.05. The molecule has 0 bridgehead atoms. The first-order chi connectivity index (χ1) is 11.6. The Morgan fingerprint density at radius 1 is 1.08 bits per heavy atom. The van der Waals surface area contributed by atoms with Crippen molar-refractivity contribution in [2.24, 2.45) is 0 Å². The van der Waals surface area contributed by atoms with Gasteiger partial charge in [0.05, 0.1) is 24.6 Å². The van der Waals surface area contributed by atoms with Gasteiger partial charge in [-0.05, 0) is 36.4 Å². The Hall–Kier alpha value is -2.18. The number of benzene rings is 2. The van der Waals surface area contributed by atoms with Gasteiger partial charge in [0.2, 0.25) is 0 Å². The second-order valence-corrected chi connectivity index (χ2v) is 6.93. The standard InChI is InChI=1S/C18H20N2O3S/c1-24(22)15-8-6-14(7-9-15)18(21)19-16-4-2-3-5-17(16)20-10-12-23-13-11-20/h2-9H,10-13H2,1H3,(H,19,21). The summed E-state index contributed by atoms with van der Waals surface area (Å²) in [6, 6.07) is 14.6. The Morgan fingerprint density at radius 3 is 2.42 bits per heavy atom. The molecule has 126 valence electrons. The molecule has 1 fully saturated rings. The number of rotatable bonds is 4. The third-order valence-electron chi connectivity index (χ3n) is 3.95. The molecular weight excluding hydrogens is 324 g/mol. The van der Waals surface area contributed by atoms with Gasteiger partial charge in [-0.3, -0.25) is 9.00 Å². The molecule has 1 N–H and O–H groups in total. The largest absolute Gasteiger partial charge is 0.378 e. The molecule has 0 spiro atoms. The molecule has 1 aliphatic rings. The maximum atomic E-state index is 12.5. The zero-order valence-electron chi connectivity index (χ0n) is 13.5. The first-order valence-electron chi connectivity index (χ1n) is 7.82. The summed E-state index contributed by atoms with van der Waals surface area (Å²) in [5.41, 5.74) is 2.33. The Kier molecular flexibility index (Phi) is 5.27. The zero-order valence-corrected chi connectivity index (χ0v) is 14.3. The maximum absolute atomic E-state index is 12.5. The molecule has 1 atom stereocenters. The van der Waals surface area contributed by atoms with Crippen LogP contribution in [0.3, 0.4) is 0 Å². The molecule has 2 aromatic carbocycles. The average Bonchev–Trinajstić information content (AvgIpc) is 2.63. The van der Waals surface area contributed by atoms with Crippen molar-refractivity contribution in [2.75, 3.05) is 42.8 Å². The predicted octanol–water partition coefficient (Wildman–Crippen LogP) is 2.51. The molecule has 0 saturated carbocycles. The Labute approximate surface area is 144 Å². The summed E-state index contributed by atoms with van der Waals surface area (Å²) in [6.07, 6.45) is 1.62. The molecule has 0 aliphatic carbocycles. The van der Waals surface area contributed by atoms with Gasteiger partial charge >= 0.3 is 0 Å². The van der Waals surface area contributed by atoms with E-state index < -0.39 is 10.8 Å². The molecule has 24 heavy (non-hydrogen) atoms. The fourth-order valence-electron chi connectivity index (χ4n) is 2.65. The minimum absolute atomic E-state index is 0.177. The second-order valence-electron chi connectivity index (χ2n) is 5.55.